The lowest BCUT2D eigenvalue weighted by atomic mass is 10.1. The van der Waals surface area contributed by atoms with E-state index in [2.05, 4.69) is 10.3 Å². The van der Waals surface area contributed by atoms with Crippen LogP contribution >= 0.6 is 0 Å². The minimum Gasteiger partial charge on any atom is -0.497 e. The first-order valence-corrected chi connectivity index (χ1v) is 6.63. The lowest BCUT2D eigenvalue weighted by molar-refractivity contribution is 0.174. The van der Waals surface area contributed by atoms with Crippen LogP contribution < -0.4 is 10.1 Å². The zero-order valence-electron chi connectivity index (χ0n) is 11.8. The molecule has 106 valence electrons. The van der Waals surface area contributed by atoms with Crippen molar-refractivity contribution < 1.29 is 9.84 Å². The van der Waals surface area contributed by atoms with E-state index < -0.39 is 6.10 Å². The number of aliphatic hydroxyl groups excluding tert-OH is 1. The standard InChI is InChI=1S/C16H20N2O2/c1-12-3-6-14(18-9-12)10-17-11-16(19)13-4-7-15(20-2)8-5-13/h3-9,16-17,19H,10-11H2,1-2H3. The van der Waals surface area contributed by atoms with Gasteiger partial charge in [0.15, 0.2) is 0 Å². The van der Waals surface area contributed by atoms with Crippen molar-refractivity contribution in [2.45, 2.75) is 19.6 Å². The van der Waals surface area contributed by atoms with Gasteiger partial charge in [0, 0.05) is 19.3 Å². The van der Waals surface area contributed by atoms with E-state index in [1.807, 2.05) is 49.5 Å². The number of nitrogens with zero attached hydrogens (tertiary/aromatic N) is 1. The Morgan fingerprint density at radius 1 is 1.20 bits per heavy atom. The van der Waals surface area contributed by atoms with Gasteiger partial charge >= 0.3 is 0 Å². The van der Waals surface area contributed by atoms with Gasteiger partial charge in [-0.1, -0.05) is 18.2 Å². The molecular weight excluding hydrogens is 252 g/mol. The first-order chi connectivity index (χ1) is 9.69. The molecule has 0 fully saturated rings. The van der Waals surface area contributed by atoms with Crippen molar-refractivity contribution in [1.29, 1.82) is 0 Å². The fourth-order valence-electron chi connectivity index (χ4n) is 1.88. The number of hydrogen-bond donors (Lipinski definition) is 2. The van der Waals surface area contributed by atoms with Crippen molar-refractivity contribution in [3.8, 4) is 5.75 Å². The number of aromatic nitrogens is 1. The molecule has 1 atom stereocenters. The molecule has 1 aromatic heterocycles. The van der Waals surface area contributed by atoms with E-state index in [1.54, 1.807) is 7.11 Å². The predicted molar refractivity (Wildman–Crippen MR) is 78.6 cm³/mol. The average Bonchev–Trinajstić information content (AvgIpc) is 2.49. The van der Waals surface area contributed by atoms with Crippen molar-refractivity contribution in [1.82, 2.24) is 10.3 Å². The molecule has 20 heavy (non-hydrogen) atoms. The molecule has 0 amide bonds. The average molecular weight is 272 g/mol. The Morgan fingerprint density at radius 3 is 2.55 bits per heavy atom. The topological polar surface area (TPSA) is 54.4 Å². The predicted octanol–water partition coefficient (Wildman–Crippen LogP) is 2.22. The van der Waals surface area contributed by atoms with Crippen LogP contribution in [0.4, 0.5) is 0 Å². The SMILES string of the molecule is COc1ccc(C(O)CNCc2ccc(C)cn2)cc1. The number of methoxy groups -OCH3 is 1. The molecule has 0 saturated heterocycles. The lowest BCUT2D eigenvalue weighted by Crippen LogP contribution is -2.21. The summed E-state index contributed by atoms with van der Waals surface area (Å²) in [6.07, 6.45) is 1.31. The molecule has 1 heterocycles. The molecule has 0 aliphatic heterocycles. The Balaban J connectivity index is 1.82. The summed E-state index contributed by atoms with van der Waals surface area (Å²) >= 11 is 0. The quantitative estimate of drug-likeness (QED) is 0.846. The summed E-state index contributed by atoms with van der Waals surface area (Å²) in [6.45, 7) is 3.15. The first-order valence-electron chi connectivity index (χ1n) is 6.63. The summed E-state index contributed by atoms with van der Waals surface area (Å²) in [5.41, 5.74) is 2.99. The summed E-state index contributed by atoms with van der Waals surface area (Å²) in [4.78, 5) is 4.31. The van der Waals surface area contributed by atoms with Crippen molar-refractivity contribution in [2.24, 2.45) is 0 Å². The van der Waals surface area contributed by atoms with Crippen LogP contribution in [0.5, 0.6) is 5.75 Å². The van der Waals surface area contributed by atoms with Crippen LogP contribution in [0.25, 0.3) is 0 Å². The largest absolute Gasteiger partial charge is 0.497 e. The molecule has 1 unspecified atom stereocenters. The van der Waals surface area contributed by atoms with Crippen molar-refractivity contribution in [2.75, 3.05) is 13.7 Å². The minimum absolute atomic E-state index is 0.488. The summed E-state index contributed by atoms with van der Waals surface area (Å²) in [6, 6.07) is 11.5. The lowest BCUT2D eigenvalue weighted by Gasteiger charge is -2.12. The van der Waals surface area contributed by atoms with Gasteiger partial charge in [0.1, 0.15) is 5.75 Å². The van der Waals surface area contributed by atoms with Crippen LogP contribution in [0.1, 0.15) is 22.9 Å². The van der Waals surface area contributed by atoms with Gasteiger partial charge in [-0.2, -0.15) is 0 Å². The number of aliphatic hydroxyl groups is 1. The third-order valence-corrected chi connectivity index (χ3v) is 3.12. The summed E-state index contributed by atoms with van der Waals surface area (Å²) in [5.74, 6) is 0.790. The van der Waals surface area contributed by atoms with Crippen LogP contribution in [0.2, 0.25) is 0 Å². The van der Waals surface area contributed by atoms with Gasteiger partial charge in [0.05, 0.1) is 18.9 Å². The number of pyridine rings is 1. The van der Waals surface area contributed by atoms with E-state index in [-0.39, 0.29) is 0 Å². The third kappa shape index (κ3) is 4.05. The minimum atomic E-state index is -0.536. The molecule has 2 rings (SSSR count). The molecule has 4 nitrogen and oxygen atoms in total. The highest BCUT2D eigenvalue weighted by molar-refractivity contribution is 5.28. The van der Waals surface area contributed by atoms with Gasteiger partial charge in [-0.25, -0.2) is 0 Å². The Hall–Kier alpha value is -1.91. The van der Waals surface area contributed by atoms with Crippen molar-refractivity contribution >= 4 is 0 Å². The summed E-state index contributed by atoms with van der Waals surface area (Å²) in [7, 11) is 1.63. The van der Waals surface area contributed by atoms with Gasteiger partial charge in [0.25, 0.3) is 0 Å². The monoisotopic (exact) mass is 272 g/mol. The smallest absolute Gasteiger partial charge is 0.118 e. The zero-order chi connectivity index (χ0) is 14.4. The molecule has 0 bridgehead atoms. The number of ether oxygens (including phenoxy) is 1. The van der Waals surface area contributed by atoms with E-state index in [1.165, 1.54) is 0 Å². The number of nitrogens with one attached hydrogen (secondary N) is 1. The molecule has 0 aliphatic rings. The highest BCUT2D eigenvalue weighted by Gasteiger charge is 2.07. The molecule has 4 heteroatoms. The molecular formula is C16H20N2O2. The second-order valence-electron chi connectivity index (χ2n) is 4.75. The third-order valence-electron chi connectivity index (χ3n) is 3.12. The highest BCUT2D eigenvalue weighted by Crippen LogP contribution is 2.17. The Bertz CT molecular complexity index is 523. The number of aryl methyl sites for hydroxylation is 1. The molecule has 0 saturated carbocycles. The van der Waals surface area contributed by atoms with E-state index in [0.29, 0.717) is 13.1 Å². The molecule has 0 spiro atoms. The Morgan fingerprint density at radius 2 is 1.95 bits per heavy atom. The van der Waals surface area contributed by atoms with Crippen molar-refractivity contribution in [3.63, 3.8) is 0 Å². The van der Waals surface area contributed by atoms with Gasteiger partial charge in [-0.05, 0) is 36.2 Å². The van der Waals surface area contributed by atoms with Gasteiger partial charge < -0.3 is 15.2 Å². The van der Waals surface area contributed by atoms with Gasteiger partial charge in [-0.15, -0.1) is 0 Å². The summed E-state index contributed by atoms with van der Waals surface area (Å²) in [5, 5.41) is 13.3. The molecule has 2 aromatic rings. The number of hydrogen-bond acceptors (Lipinski definition) is 4. The van der Waals surface area contributed by atoms with E-state index >= 15 is 0 Å². The van der Waals surface area contributed by atoms with Gasteiger partial charge in [0.2, 0.25) is 0 Å². The summed E-state index contributed by atoms with van der Waals surface area (Å²) < 4.78 is 5.09. The Labute approximate surface area is 119 Å². The van der Waals surface area contributed by atoms with Gasteiger partial charge in [-0.3, -0.25) is 4.98 Å². The zero-order valence-corrected chi connectivity index (χ0v) is 11.8. The Kier molecular flexibility index (Phi) is 5.09. The van der Waals surface area contributed by atoms with E-state index in [9.17, 15) is 5.11 Å². The first kappa shape index (κ1) is 14.5. The maximum atomic E-state index is 10.1. The maximum absolute atomic E-state index is 10.1. The normalized spacial score (nSPS) is 12.2. The van der Waals surface area contributed by atoms with Crippen LogP contribution in [-0.2, 0) is 6.54 Å². The number of benzene rings is 1. The molecule has 0 radical (unpaired) electrons. The molecule has 2 N–H and O–H groups in total. The fraction of sp³-hybridized carbons (Fsp3) is 0.312. The number of rotatable bonds is 6. The van der Waals surface area contributed by atoms with E-state index in [0.717, 1.165) is 22.6 Å². The van der Waals surface area contributed by atoms with Crippen LogP contribution in [0, 0.1) is 6.92 Å². The maximum Gasteiger partial charge on any atom is 0.118 e. The second kappa shape index (κ2) is 7.03. The molecule has 0 aliphatic carbocycles. The second-order valence-corrected chi connectivity index (χ2v) is 4.75. The van der Waals surface area contributed by atoms with Crippen molar-refractivity contribution in [3.05, 3.63) is 59.4 Å². The van der Waals surface area contributed by atoms with E-state index in [4.69, 9.17) is 4.74 Å². The molecule has 1 aromatic carbocycles. The fourth-order valence-corrected chi connectivity index (χ4v) is 1.88. The highest BCUT2D eigenvalue weighted by atomic mass is 16.5. The van der Waals surface area contributed by atoms with Crippen LogP contribution in [0.15, 0.2) is 42.6 Å². The van der Waals surface area contributed by atoms with Crippen LogP contribution in [0.3, 0.4) is 0 Å². The van der Waals surface area contributed by atoms with Crippen LogP contribution in [-0.4, -0.2) is 23.7 Å².